The standard InChI is InChI=1S/C27H26FOS/c1-2-3-18-27(19-10-11-20-27)29-26-21-24(16-17-25(26)28)30(22-12-6-4-7-13-22)23-14-8-5-9-15-23/h4-9,12-17,21H,2,10-11,19-20H2,1H3/q+1. The van der Waals surface area contributed by atoms with Crippen molar-refractivity contribution in [3.63, 3.8) is 0 Å². The Kier molecular flexibility index (Phi) is 6.45. The molecule has 1 nitrogen and oxygen atoms in total. The van der Waals surface area contributed by atoms with Gasteiger partial charge in [0.05, 0.1) is 10.9 Å². The lowest BCUT2D eigenvalue weighted by atomic mass is 10.0. The van der Waals surface area contributed by atoms with Gasteiger partial charge >= 0.3 is 0 Å². The maximum atomic E-state index is 14.8. The van der Waals surface area contributed by atoms with E-state index in [0.717, 1.165) is 37.0 Å². The van der Waals surface area contributed by atoms with Crippen LogP contribution >= 0.6 is 0 Å². The van der Waals surface area contributed by atoms with Crippen LogP contribution in [0.5, 0.6) is 5.75 Å². The van der Waals surface area contributed by atoms with Crippen molar-refractivity contribution in [2.45, 2.75) is 59.3 Å². The fraction of sp³-hybridized carbons (Fsp3) is 0.259. The molecule has 0 heterocycles. The Hall–Kier alpha value is -2.70. The zero-order valence-corrected chi connectivity index (χ0v) is 18.1. The van der Waals surface area contributed by atoms with E-state index in [0.29, 0.717) is 5.75 Å². The van der Waals surface area contributed by atoms with Crippen LogP contribution in [0.2, 0.25) is 0 Å². The maximum absolute atomic E-state index is 14.8. The molecule has 0 aromatic heterocycles. The number of benzene rings is 3. The van der Waals surface area contributed by atoms with E-state index in [1.165, 1.54) is 15.9 Å². The molecule has 1 aliphatic rings. The van der Waals surface area contributed by atoms with Gasteiger partial charge in [0.15, 0.2) is 31.9 Å². The van der Waals surface area contributed by atoms with Crippen LogP contribution in [0.1, 0.15) is 39.0 Å². The van der Waals surface area contributed by atoms with Crippen molar-refractivity contribution >= 4 is 10.9 Å². The molecular weight excluding hydrogens is 391 g/mol. The zero-order valence-electron chi connectivity index (χ0n) is 17.2. The summed E-state index contributed by atoms with van der Waals surface area (Å²) in [7, 11) is -0.338. The van der Waals surface area contributed by atoms with Crippen LogP contribution in [0.25, 0.3) is 0 Å². The fourth-order valence-corrected chi connectivity index (χ4v) is 5.97. The van der Waals surface area contributed by atoms with Crippen LogP contribution in [0.4, 0.5) is 4.39 Å². The highest BCUT2D eigenvalue weighted by atomic mass is 32.2. The molecule has 0 saturated heterocycles. The first-order valence-corrected chi connectivity index (χ1v) is 11.8. The monoisotopic (exact) mass is 417 g/mol. The molecule has 3 heteroatoms. The van der Waals surface area contributed by atoms with E-state index in [2.05, 4.69) is 36.1 Å². The predicted octanol–water partition coefficient (Wildman–Crippen LogP) is 7.03. The fourth-order valence-electron chi connectivity index (χ4n) is 3.87. The van der Waals surface area contributed by atoms with Gasteiger partial charge in [0.2, 0.25) is 0 Å². The van der Waals surface area contributed by atoms with Crippen molar-refractivity contribution in [1.82, 2.24) is 0 Å². The van der Waals surface area contributed by atoms with Gasteiger partial charge < -0.3 is 4.74 Å². The summed E-state index contributed by atoms with van der Waals surface area (Å²) >= 11 is 0. The second kappa shape index (κ2) is 9.41. The highest BCUT2D eigenvalue weighted by molar-refractivity contribution is 7.97. The summed E-state index contributed by atoms with van der Waals surface area (Å²) in [4.78, 5) is 3.44. The molecule has 1 saturated carbocycles. The van der Waals surface area contributed by atoms with Crippen LogP contribution in [0, 0.1) is 17.7 Å². The van der Waals surface area contributed by atoms with Gasteiger partial charge in [-0.2, -0.15) is 0 Å². The van der Waals surface area contributed by atoms with E-state index in [-0.39, 0.29) is 16.7 Å². The Morgan fingerprint density at radius 3 is 2.03 bits per heavy atom. The third-order valence-electron chi connectivity index (χ3n) is 5.31. The molecule has 0 radical (unpaired) electrons. The Morgan fingerprint density at radius 1 is 0.867 bits per heavy atom. The smallest absolute Gasteiger partial charge is 0.170 e. The minimum Gasteiger partial charge on any atom is -0.471 e. The van der Waals surface area contributed by atoms with E-state index in [1.807, 2.05) is 55.5 Å². The summed E-state index contributed by atoms with van der Waals surface area (Å²) in [5, 5.41) is 0. The van der Waals surface area contributed by atoms with Crippen molar-refractivity contribution in [2.75, 3.05) is 0 Å². The summed E-state index contributed by atoms with van der Waals surface area (Å²) in [6.45, 7) is 2.03. The average molecular weight is 418 g/mol. The zero-order chi connectivity index (χ0) is 20.8. The van der Waals surface area contributed by atoms with Crippen LogP contribution in [0.15, 0.2) is 93.5 Å². The molecule has 0 unspecified atom stereocenters. The summed E-state index contributed by atoms with van der Waals surface area (Å²) in [6.07, 6.45) is 4.62. The molecule has 0 aliphatic heterocycles. The second-order valence-electron chi connectivity index (χ2n) is 7.48. The van der Waals surface area contributed by atoms with Gasteiger partial charge in [-0.3, -0.25) is 0 Å². The van der Waals surface area contributed by atoms with Crippen LogP contribution in [0.3, 0.4) is 0 Å². The van der Waals surface area contributed by atoms with E-state index in [4.69, 9.17) is 4.74 Å². The van der Waals surface area contributed by atoms with Crippen molar-refractivity contribution in [3.8, 4) is 17.6 Å². The predicted molar refractivity (Wildman–Crippen MR) is 121 cm³/mol. The normalized spacial score (nSPS) is 14.9. The Bertz CT molecular complexity index is 991. The van der Waals surface area contributed by atoms with Gasteiger partial charge in [-0.15, -0.1) is 0 Å². The molecule has 1 aliphatic carbocycles. The van der Waals surface area contributed by atoms with Crippen LogP contribution in [-0.2, 0) is 10.9 Å². The van der Waals surface area contributed by atoms with Crippen molar-refractivity contribution in [2.24, 2.45) is 0 Å². The van der Waals surface area contributed by atoms with Crippen molar-refractivity contribution in [3.05, 3.63) is 84.7 Å². The first kappa shape index (κ1) is 20.6. The Labute approximate surface area is 181 Å². The third-order valence-corrected chi connectivity index (χ3v) is 7.52. The summed E-state index contributed by atoms with van der Waals surface area (Å²) in [5.41, 5.74) is -0.562. The number of halogens is 1. The molecule has 3 aromatic rings. The second-order valence-corrected chi connectivity index (χ2v) is 9.51. The molecule has 0 atom stereocenters. The van der Waals surface area contributed by atoms with Crippen molar-refractivity contribution < 1.29 is 9.13 Å². The molecule has 0 amide bonds. The molecule has 0 N–H and O–H groups in total. The Balaban J connectivity index is 1.75. The highest BCUT2D eigenvalue weighted by Crippen LogP contribution is 2.38. The van der Waals surface area contributed by atoms with Gasteiger partial charge in [0.25, 0.3) is 0 Å². The van der Waals surface area contributed by atoms with E-state index < -0.39 is 5.60 Å². The van der Waals surface area contributed by atoms with Gasteiger partial charge in [-0.05, 0) is 62.1 Å². The molecule has 30 heavy (non-hydrogen) atoms. The molecule has 0 bridgehead atoms. The minimum absolute atomic E-state index is 0.309. The lowest BCUT2D eigenvalue weighted by Crippen LogP contribution is -2.31. The summed E-state index contributed by atoms with van der Waals surface area (Å²) in [6, 6.07) is 26.0. The number of hydrogen-bond donors (Lipinski definition) is 0. The van der Waals surface area contributed by atoms with Crippen molar-refractivity contribution in [1.29, 1.82) is 0 Å². The Morgan fingerprint density at radius 2 is 1.47 bits per heavy atom. The quantitative estimate of drug-likeness (QED) is 0.320. The summed E-state index contributed by atoms with van der Waals surface area (Å²) in [5.74, 6) is 6.44. The van der Waals surface area contributed by atoms with Crippen LogP contribution in [-0.4, -0.2) is 5.60 Å². The molecule has 152 valence electrons. The minimum atomic E-state index is -0.562. The number of ether oxygens (including phenoxy) is 1. The van der Waals surface area contributed by atoms with E-state index in [9.17, 15) is 4.39 Å². The first-order valence-electron chi connectivity index (χ1n) is 10.5. The lowest BCUT2D eigenvalue weighted by Gasteiger charge is -2.25. The van der Waals surface area contributed by atoms with E-state index in [1.54, 1.807) is 0 Å². The number of hydrogen-bond acceptors (Lipinski definition) is 1. The SMILES string of the molecule is CCC#CC1(Oc2cc([S+](c3ccccc3)c3ccccc3)ccc2F)CCCC1. The maximum Gasteiger partial charge on any atom is 0.170 e. The van der Waals surface area contributed by atoms with Crippen LogP contribution < -0.4 is 4.74 Å². The topological polar surface area (TPSA) is 9.23 Å². The first-order chi connectivity index (χ1) is 14.7. The van der Waals surface area contributed by atoms with Gasteiger partial charge in [0.1, 0.15) is 0 Å². The van der Waals surface area contributed by atoms with E-state index >= 15 is 0 Å². The van der Waals surface area contributed by atoms with Gasteiger partial charge in [-0.25, -0.2) is 4.39 Å². The molecule has 3 aromatic carbocycles. The lowest BCUT2D eigenvalue weighted by molar-refractivity contribution is 0.131. The highest BCUT2D eigenvalue weighted by Gasteiger charge is 2.36. The van der Waals surface area contributed by atoms with Gasteiger partial charge in [-0.1, -0.05) is 55.2 Å². The summed E-state index contributed by atoms with van der Waals surface area (Å²) < 4.78 is 21.1. The molecule has 0 spiro atoms. The third kappa shape index (κ3) is 4.55. The largest absolute Gasteiger partial charge is 0.471 e. The molecule has 1 fully saturated rings. The molecule has 4 rings (SSSR count). The number of rotatable bonds is 5. The molecular formula is C27H26FOS+. The average Bonchev–Trinajstić information content (AvgIpc) is 3.25. The van der Waals surface area contributed by atoms with Gasteiger partial charge in [0, 0.05) is 12.5 Å².